The minimum atomic E-state index is -0.0598. The largest absolute Gasteiger partial charge is 0.379 e. The maximum atomic E-state index is 12.3. The Morgan fingerprint density at radius 1 is 1.17 bits per heavy atom. The van der Waals surface area contributed by atoms with Gasteiger partial charge in [-0.3, -0.25) is 4.90 Å². The van der Waals surface area contributed by atoms with Gasteiger partial charge in [0.1, 0.15) is 0 Å². The van der Waals surface area contributed by atoms with Crippen LogP contribution in [0.15, 0.2) is 24.3 Å². The summed E-state index contributed by atoms with van der Waals surface area (Å²) in [5.41, 5.74) is 2.71. The number of rotatable bonds is 4. The number of carbonyl (C=O) groups excluding carboxylic acids is 1. The lowest BCUT2D eigenvalue weighted by atomic mass is 10.1. The van der Waals surface area contributed by atoms with Gasteiger partial charge in [-0.05, 0) is 37.8 Å². The van der Waals surface area contributed by atoms with Gasteiger partial charge in [0.05, 0.1) is 13.2 Å². The first-order chi connectivity index (χ1) is 11.1. The first-order valence-corrected chi connectivity index (χ1v) is 8.59. The van der Waals surface area contributed by atoms with Crippen molar-refractivity contribution in [3.8, 4) is 0 Å². The zero-order chi connectivity index (χ0) is 16.2. The summed E-state index contributed by atoms with van der Waals surface area (Å²) in [7, 11) is 0. The third-order valence-corrected chi connectivity index (χ3v) is 5.09. The van der Waals surface area contributed by atoms with Crippen LogP contribution in [0.2, 0.25) is 0 Å². The SMILES string of the molecule is CC(NC(=O)NC1Cc2ccccc2C1)C(C)N1CCOCC1. The number of benzene rings is 1. The van der Waals surface area contributed by atoms with Crippen LogP contribution in [-0.4, -0.2) is 55.4 Å². The molecule has 0 radical (unpaired) electrons. The lowest BCUT2D eigenvalue weighted by Gasteiger charge is -2.36. The second-order valence-electron chi connectivity index (χ2n) is 6.67. The molecule has 1 aliphatic heterocycles. The van der Waals surface area contributed by atoms with Crippen LogP contribution < -0.4 is 10.6 Å². The molecule has 2 atom stereocenters. The quantitative estimate of drug-likeness (QED) is 0.886. The molecule has 1 fully saturated rings. The minimum Gasteiger partial charge on any atom is -0.379 e. The van der Waals surface area contributed by atoms with E-state index in [4.69, 9.17) is 4.74 Å². The summed E-state index contributed by atoms with van der Waals surface area (Å²) in [4.78, 5) is 14.7. The number of hydrogen-bond acceptors (Lipinski definition) is 3. The zero-order valence-corrected chi connectivity index (χ0v) is 14.0. The number of carbonyl (C=O) groups is 1. The van der Waals surface area contributed by atoms with Crippen LogP contribution in [0.5, 0.6) is 0 Å². The van der Waals surface area contributed by atoms with Crippen molar-refractivity contribution >= 4 is 6.03 Å². The fourth-order valence-electron chi connectivity index (χ4n) is 3.52. The number of urea groups is 1. The third kappa shape index (κ3) is 4.03. The van der Waals surface area contributed by atoms with Gasteiger partial charge in [-0.25, -0.2) is 4.79 Å². The highest BCUT2D eigenvalue weighted by Crippen LogP contribution is 2.21. The van der Waals surface area contributed by atoms with Crippen LogP contribution >= 0.6 is 0 Å². The number of morpholine rings is 1. The van der Waals surface area contributed by atoms with Crippen LogP contribution in [-0.2, 0) is 17.6 Å². The Morgan fingerprint density at radius 3 is 2.39 bits per heavy atom. The molecule has 0 bridgehead atoms. The van der Waals surface area contributed by atoms with Gasteiger partial charge >= 0.3 is 6.03 Å². The van der Waals surface area contributed by atoms with Gasteiger partial charge in [-0.1, -0.05) is 24.3 Å². The highest BCUT2D eigenvalue weighted by molar-refractivity contribution is 5.74. The molecule has 3 rings (SSSR count). The summed E-state index contributed by atoms with van der Waals surface area (Å²) in [5, 5.41) is 6.22. The normalized spacial score (nSPS) is 21.5. The van der Waals surface area contributed by atoms with Gasteiger partial charge in [0, 0.05) is 31.2 Å². The van der Waals surface area contributed by atoms with Gasteiger partial charge in [0.2, 0.25) is 0 Å². The number of fused-ring (bicyclic) bond motifs is 1. The van der Waals surface area contributed by atoms with Gasteiger partial charge in [-0.2, -0.15) is 0 Å². The van der Waals surface area contributed by atoms with Crippen molar-refractivity contribution in [2.45, 2.75) is 44.8 Å². The van der Waals surface area contributed by atoms with Crippen LogP contribution in [0.1, 0.15) is 25.0 Å². The van der Waals surface area contributed by atoms with Crippen LogP contribution in [0.25, 0.3) is 0 Å². The van der Waals surface area contributed by atoms with Crippen molar-refractivity contribution in [1.82, 2.24) is 15.5 Å². The molecule has 5 heteroatoms. The molecule has 1 aromatic carbocycles. The van der Waals surface area contributed by atoms with Crippen LogP contribution in [0, 0.1) is 0 Å². The number of hydrogen-bond donors (Lipinski definition) is 2. The first-order valence-electron chi connectivity index (χ1n) is 8.59. The molecule has 2 amide bonds. The fraction of sp³-hybridized carbons (Fsp3) is 0.611. The number of nitrogens with one attached hydrogen (secondary N) is 2. The molecule has 1 aromatic rings. The Hall–Kier alpha value is -1.59. The van der Waals surface area contributed by atoms with E-state index in [-0.39, 0.29) is 18.1 Å². The summed E-state index contributed by atoms with van der Waals surface area (Å²) >= 11 is 0. The van der Waals surface area contributed by atoms with Gasteiger partial charge in [-0.15, -0.1) is 0 Å². The monoisotopic (exact) mass is 317 g/mol. The Labute approximate surface area is 138 Å². The molecule has 1 saturated heterocycles. The molecular weight excluding hydrogens is 290 g/mol. The average Bonchev–Trinajstić information content (AvgIpc) is 2.96. The molecule has 2 unspecified atom stereocenters. The van der Waals surface area contributed by atoms with Crippen molar-refractivity contribution in [3.63, 3.8) is 0 Å². The standard InChI is InChI=1S/C18H27N3O2/c1-13(14(2)21-7-9-23-10-8-21)19-18(22)20-17-11-15-5-3-4-6-16(15)12-17/h3-6,13-14,17H,7-12H2,1-2H3,(H2,19,20,22). The Bertz CT molecular complexity index is 518. The summed E-state index contributed by atoms with van der Waals surface area (Å²) < 4.78 is 5.39. The molecule has 0 spiro atoms. The predicted octanol–water partition coefficient (Wildman–Crippen LogP) is 1.56. The van der Waals surface area contributed by atoms with E-state index in [1.54, 1.807) is 0 Å². The van der Waals surface area contributed by atoms with Gasteiger partial charge in [0.15, 0.2) is 0 Å². The molecule has 1 heterocycles. The van der Waals surface area contributed by atoms with Crippen molar-refractivity contribution in [3.05, 3.63) is 35.4 Å². The highest BCUT2D eigenvalue weighted by Gasteiger charge is 2.26. The van der Waals surface area contributed by atoms with Crippen molar-refractivity contribution < 1.29 is 9.53 Å². The molecule has 0 aromatic heterocycles. The maximum Gasteiger partial charge on any atom is 0.315 e. The Balaban J connectivity index is 1.46. The molecular formula is C18H27N3O2. The lowest BCUT2D eigenvalue weighted by molar-refractivity contribution is 0.0144. The lowest BCUT2D eigenvalue weighted by Crippen LogP contribution is -2.54. The molecule has 23 heavy (non-hydrogen) atoms. The first kappa shape index (κ1) is 16.3. The molecule has 1 aliphatic carbocycles. The number of nitrogens with zero attached hydrogens (tertiary/aromatic N) is 1. The predicted molar refractivity (Wildman–Crippen MR) is 90.6 cm³/mol. The van der Waals surface area contributed by atoms with Gasteiger partial charge in [0.25, 0.3) is 0 Å². The van der Waals surface area contributed by atoms with E-state index < -0.39 is 0 Å². The van der Waals surface area contributed by atoms with E-state index >= 15 is 0 Å². The maximum absolute atomic E-state index is 12.3. The van der Waals surface area contributed by atoms with Crippen LogP contribution in [0.4, 0.5) is 4.79 Å². The van der Waals surface area contributed by atoms with Crippen molar-refractivity contribution in [1.29, 1.82) is 0 Å². The summed E-state index contributed by atoms with van der Waals surface area (Å²) in [6.45, 7) is 7.68. The van der Waals surface area contributed by atoms with E-state index in [9.17, 15) is 4.79 Å². The topological polar surface area (TPSA) is 53.6 Å². The third-order valence-electron chi connectivity index (χ3n) is 5.09. The van der Waals surface area contributed by atoms with Crippen LogP contribution in [0.3, 0.4) is 0 Å². The van der Waals surface area contributed by atoms with E-state index in [2.05, 4.69) is 53.6 Å². The second-order valence-corrected chi connectivity index (χ2v) is 6.67. The smallest absolute Gasteiger partial charge is 0.315 e. The van der Waals surface area contributed by atoms with Gasteiger partial charge < -0.3 is 15.4 Å². The number of ether oxygens (including phenoxy) is 1. The average molecular weight is 317 g/mol. The molecule has 5 nitrogen and oxygen atoms in total. The summed E-state index contributed by atoms with van der Waals surface area (Å²) in [6.07, 6.45) is 1.86. The molecule has 2 N–H and O–H groups in total. The van der Waals surface area contributed by atoms with E-state index in [1.807, 2.05) is 0 Å². The summed E-state index contributed by atoms with van der Waals surface area (Å²) in [5.74, 6) is 0. The summed E-state index contributed by atoms with van der Waals surface area (Å²) in [6, 6.07) is 8.99. The Morgan fingerprint density at radius 2 is 1.78 bits per heavy atom. The van der Waals surface area contributed by atoms with E-state index in [0.29, 0.717) is 6.04 Å². The van der Waals surface area contributed by atoms with E-state index in [1.165, 1.54) is 11.1 Å². The highest BCUT2D eigenvalue weighted by atomic mass is 16.5. The zero-order valence-electron chi connectivity index (χ0n) is 14.0. The van der Waals surface area contributed by atoms with E-state index in [0.717, 1.165) is 39.1 Å². The Kier molecular flexibility index (Phi) is 5.18. The molecule has 0 saturated carbocycles. The van der Waals surface area contributed by atoms with Crippen molar-refractivity contribution in [2.24, 2.45) is 0 Å². The minimum absolute atomic E-state index is 0.0598. The number of amides is 2. The van der Waals surface area contributed by atoms with Crippen molar-refractivity contribution in [2.75, 3.05) is 26.3 Å². The molecule has 2 aliphatic rings. The fourth-order valence-corrected chi connectivity index (χ4v) is 3.52. The second kappa shape index (κ2) is 7.32. The molecule has 126 valence electrons.